The number of methoxy groups -OCH3 is 2. The maximum absolute atomic E-state index is 5.46. The quantitative estimate of drug-likeness (QED) is 0.829. The van der Waals surface area contributed by atoms with Crippen molar-refractivity contribution in [3.8, 4) is 11.5 Å². The first-order valence-electron chi connectivity index (χ1n) is 5.93. The molecule has 0 amide bonds. The van der Waals surface area contributed by atoms with E-state index in [4.69, 9.17) is 9.47 Å². The molecule has 94 valence electrons. The van der Waals surface area contributed by atoms with Gasteiger partial charge in [0.25, 0.3) is 0 Å². The van der Waals surface area contributed by atoms with E-state index in [1.165, 1.54) is 0 Å². The van der Waals surface area contributed by atoms with Crippen LogP contribution in [0, 0.1) is 6.92 Å². The van der Waals surface area contributed by atoms with Crippen LogP contribution >= 0.6 is 0 Å². The van der Waals surface area contributed by atoms with E-state index in [2.05, 4.69) is 16.7 Å². The lowest BCUT2D eigenvalue weighted by Gasteiger charge is -2.27. The van der Waals surface area contributed by atoms with E-state index in [0.29, 0.717) is 0 Å². The van der Waals surface area contributed by atoms with Gasteiger partial charge in [0.1, 0.15) is 11.5 Å². The van der Waals surface area contributed by atoms with Crippen LogP contribution in [0.2, 0.25) is 0 Å². The van der Waals surface area contributed by atoms with Crippen molar-refractivity contribution in [1.29, 1.82) is 0 Å². The molecule has 1 aromatic rings. The molecule has 4 nitrogen and oxygen atoms in total. The van der Waals surface area contributed by atoms with Crippen LogP contribution < -0.4 is 20.1 Å². The van der Waals surface area contributed by atoms with Gasteiger partial charge in [-0.3, -0.25) is 0 Å². The van der Waals surface area contributed by atoms with E-state index in [1.54, 1.807) is 14.2 Å². The van der Waals surface area contributed by atoms with Gasteiger partial charge in [0.05, 0.1) is 14.2 Å². The summed E-state index contributed by atoms with van der Waals surface area (Å²) in [4.78, 5) is 0. The zero-order valence-electron chi connectivity index (χ0n) is 10.7. The first-order valence-corrected chi connectivity index (χ1v) is 5.93. The Kier molecular flexibility index (Phi) is 3.86. The van der Waals surface area contributed by atoms with Gasteiger partial charge in [-0.2, -0.15) is 0 Å². The topological polar surface area (TPSA) is 42.5 Å². The van der Waals surface area contributed by atoms with Crippen molar-refractivity contribution < 1.29 is 9.47 Å². The van der Waals surface area contributed by atoms with E-state index in [1.807, 2.05) is 13.0 Å². The van der Waals surface area contributed by atoms with E-state index in [-0.39, 0.29) is 6.04 Å². The lowest BCUT2D eigenvalue weighted by atomic mass is 10.0. The zero-order chi connectivity index (χ0) is 12.3. The highest BCUT2D eigenvalue weighted by molar-refractivity contribution is 5.47. The highest BCUT2D eigenvalue weighted by Gasteiger charge is 2.19. The van der Waals surface area contributed by atoms with Crippen molar-refractivity contribution in [3.05, 3.63) is 23.3 Å². The summed E-state index contributed by atoms with van der Waals surface area (Å²) < 4.78 is 10.8. The smallest absolute Gasteiger partial charge is 0.124 e. The molecule has 0 bridgehead atoms. The van der Waals surface area contributed by atoms with E-state index in [9.17, 15) is 0 Å². The number of ether oxygens (including phenoxy) is 2. The van der Waals surface area contributed by atoms with Crippen LogP contribution in [-0.4, -0.2) is 33.9 Å². The maximum atomic E-state index is 5.46. The molecule has 1 atom stereocenters. The van der Waals surface area contributed by atoms with Gasteiger partial charge >= 0.3 is 0 Å². The number of piperazine rings is 1. The van der Waals surface area contributed by atoms with Crippen molar-refractivity contribution in [1.82, 2.24) is 10.6 Å². The molecule has 17 heavy (non-hydrogen) atoms. The molecule has 2 rings (SSSR count). The summed E-state index contributed by atoms with van der Waals surface area (Å²) in [6.45, 7) is 4.94. The summed E-state index contributed by atoms with van der Waals surface area (Å²) in [5, 5.41) is 6.86. The van der Waals surface area contributed by atoms with Crippen LogP contribution in [0.3, 0.4) is 0 Å². The molecule has 1 aliphatic rings. The summed E-state index contributed by atoms with van der Waals surface area (Å²) in [6.07, 6.45) is 0. The zero-order valence-corrected chi connectivity index (χ0v) is 10.7. The largest absolute Gasteiger partial charge is 0.496 e. The minimum absolute atomic E-state index is 0.285. The Bertz CT molecular complexity index is 387. The maximum Gasteiger partial charge on any atom is 0.124 e. The predicted octanol–water partition coefficient (Wildman–Crippen LogP) is 1.25. The molecular formula is C13H20N2O2. The molecule has 1 heterocycles. The van der Waals surface area contributed by atoms with Crippen molar-refractivity contribution in [2.24, 2.45) is 0 Å². The highest BCUT2D eigenvalue weighted by atomic mass is 16.5. The molecule has 2 N–H and O–H groups in total. The van der Waals surface area contributed by atoms with Crippen LogP contribution in [0.4, 0.5) is 0 Å². The van der Waals surface area contributed by atoms with Crippen molar-refractivity contribution in [2.75, 3.05) is 33.9 Å². The van der Waals surface area contributed by atoms with E-state index in [0.717, 1.165) is 42.3 Å². The Hall–Kier alpha value is -1.26. The molecule has 0 spiro atoms. The fraction of sp³-hybridized carbons (Fsp3) is 0.538. The van der Waals surface area contributed by atoms with Crippen molar-refractivity contribution in [2.45, 2.75) is 13.0 Å². The standard InChI is InChI=1S/C13H20N2O2/c1-9-6-13(17-3)10(7-12(9)16-2)11-8-14-4-5-15-11/h6-7,11,14-15H,4-5,8H2,1-3H3. The van der Waals surface area contributed by atoms with Crippen LogP contribution in [0.25, 0.3) is 0 Å². The van der Waals surface area contributed by atoms with Crippen LogP contribution in [0.15, 0.2) is 12.1 Å². The van der Waals surface area contributed by atoms with Gasteiger partial charge in [-0.25, -0.2) is 0 Å². The van der Waals surface area contributed by atoms with Crippen LogP contribution in [0.5, 0.6) is 11.5 Å². The molecule has 0 saturated carbocycles. The predicted molar refractivity (Wildman–Crippen MR) is 67.9 cm³/mol. The van der Waals surface area contributed by atoms with Crippen LogP contribution in [0.1, 0.15) is 17.2 Å². The number of nitrogens with one attached hydrogen (secondary N) is 2. The first kappa shape index (κ1) is 12.2. The highest BCUT2D eigenvalue weighted by Crippen LogP contribution is 2.32. The number of benzene rings is 1. The second-order valence-electron chi connectivity index (χ2n) is 4.27. The first-order chi connectivity index (χ1) is 8.26. The number of rotatable bonds is 3. The van der Waals surface area contributed by atoms with Gasteiger partial charge < -0.3 is 20.1 Å². The van der Waals surface area contributed by atoms with Gasteiger partial charge in [-0.15, -0.1) is 0 Å². The molecular weight excluding hydrogens is 216 g/mol. The van der Waals surface area contributed by atoms with Crippen LogP contribution in [-0.2, 0) is 0 Å². The fourth-order valence-electron chi connectivity index (χ4n) is 2.22. The molecule has 0 aromatic heterocycles. The summed E-state index contributed by atoms with van der Waals surface area (Å²) in [5.41, 5.74) is 2.25. The molecule has 1 unspecified atom stereocenters. The third-order valence-electron chi connectivity index (χ3n) is 3.16. The number of hydrogen-bond donors (Lipinski definition) is 2. The molecule has 4 heteroatoms. The second kappa shape index (κ2) is 5.38. The average Bonchev–Trinajstić information content (AvgIpc) is 2.39. The average molecular weight is 236 g/mol. The Morgan fingerprint density at radius 3 is 2.47 bits per heavy atom. The number of aryl methyl sites for hydroxylation is 1. The lowest BCUT2D eigenvalue weighted by Crippen LogP contribution is -2.42. The van der Waals surface area contributed by atoms with Crippen molar-refractivity contribution in [3.63, 3.8) is 0 Å². The SMILES string of the molecule is COc1cc(C2CNCCN2)c(OC)cc1C. The normalized spacial score (nSPS) is 20.1. The summed E-state index contributed by atoms with van der Waals surface area (Å²) in [6, 6.07) is 4.39. The van der Waals surface area contributed by atoms with E-state index >= 15 is 0 Å². The molecule has 1 aromatic carbocycles. The van der Waals surface area contributed by atoms with Crippen molar-refractivity contribution >= 4 is 0 Å². The van der Waals surface area contributed by atoms with Gasteiger partial charge in [-0.05, 0) is 24.6 Å². The van der Waals surface area contributed by atoms with E-state index < -0.39 is 0 Å². The summed E-state index contributed by atoms with van der Waals surface area (Å²) in [5.74, 6) is 1.83. The van der Waals surface area contributed by atoms with Gasteiger partial charge in [0.15, 0.2) is 0 Å². The summed E-state index contributed by atoms with van der Waals surface area (Å²) in [7, 11) is 3.41. The second-order valence-corrected chi connectivity index (χ2v) is 4.27. The third-order valence-corrected chi connectivity index (χ3v) is 3.16. The number of hydrogen-bond acceptors (Lipinski definition) is 4. The lowest BCUT2D eigenvalue weighted by molar-refractivity contribution is 0.374. The summed E-state index contributed by atoms with van der Waals surface area (Å²) >= 11 is 0. The van der Waals surface area contributed by atoms with Gasteiger partial charge in [-0.1, -0.05) is 0 Å². The van der Waals surface area contributed by atoms with Gasteiger partial charge in [0, 0.05) is 31.2 Å². The minimum Gasteiger partial charge on any atom is -0.496 e. The Balaban J connectivity index is 2.35. The molecule has 1 saturated heterocycles. The monoisotopic (exact) mass is 236 g/mol. The fourth-order valence-corrected chi connectivity index (χ4v) is 2.22. The Morgan fingerprint density at radius 2 is 1.88 bits per heavy atom. The molecule has 0 aliphatic carbocycles. The minimum atomic E-state index is 0.285. The molecule has 1 aliphatic heterocycles. The third kappa shape index (κ3) is 2.53. The molecule has 1 fully saturated rings. The Labute approximate surface area is 102 Å². The Morgan fingerprint density at radius 1 is 1.12 bits per heavy atom. The molecule has 0 radical (unpaired) electrons. The van der Waals surface area contributed by atoms with Gasteiger partial charge in [0.2, 0.25) is 0 Å².